The molecule has 90 valence electrons. The molecule has 0 N–H and O–H groups in total. The monoisotopic (exact) mass is 316 g/mol. The molecule has 0 bridgehead atoms. The lowest BCUT2D eigenvalue weighted by molar-refractivity contribution is 1.39. The third-order valence-electron chi connectivity index (χ3n) is 2.55. The zero-order chi connectivity index (χ0) is 12.9. The SMILES string of the molecule is Clc1ccc(Cl)c2nc3c(Cl)ccc(Cl)c3nc12. The molecule has 0 amide bonds. The topological polar surface area (TPSA) is 25.8 Å². The Bertz CT molecular complexity index is 657. The second-order valence-corrected chi connectivity index (χ2v) is 5.31. The van der Waals surface area contributed by atoms with Gasteiger partial charge in [-0.15, -0.1) is 0 Å². The molecule has 0 fully saturated rings. The van der Waals surface area contributed by atoms with E-state index in [4.69, 9.17) is 46.4 Å². The second kappa shape index (κ2) is 4.39. The van der Waals surface area contributed by atoms with Gasteiger partial charge in [0.2, 0.25) is 0 Å². The smallest absolute Gasteiger partial charge is 0.110 e. The molecule has 0 unspecified atom stereocenters. The van der Waals surface area contributed by atoms with E-state index in [1.165, 1.54) is 0 Å². The number of fused-ring (bicyclic) bond motifs is 2. The Labute approximate surface area is 122 Å². The number of nitrogens with zero attached hydrogens (tertiary/aromatic N) is 2. The Balaban J connectivity index is 2.59. The highest BCUT2D eigenvalue weighted by Gasteiger charge is 2.12. The first kappa shape index (κ1) is 12.2. The maximum Gasteiger partial charge on any atom is 0.110 e. The van der Waals surface area contributed by atoms with Crippen LogP contribution in [0.5, 0.6) is 0 Å². The molecule has 0 spiro atoms. The second-order valence-electron chi connectivity index (χ2n) is 3.68. The maximum absolute atomic E-state index is 6.08. The van der Waals surface area contributed by atoms with E-state index in [1.54, 1.807) is 24.3 Å². The van der Waals surface area contributed by atoms with Crippen LogP contribution >= 0.6 is 46.4 Å². The third-order valence-corrected chi connectivity index (χ3v) is 3.77. The van der Waals surface area contributed by atoms with Gasteiger partial charge < -0.3 is 0 Å². The highest BCUT2D eigenvalue weighted by Crippen LogP contribution is 2.33. The van der Waals surface area contributed by atoms with Gasteiger partial charge in [-0.05, 0) is 24.3 Å². The highest BCUT2D eigenvalue weighted by atomic mass is 35.5. The Hall–Kier alpha value is -0.800. The van der Waals surface area contributed by atoms with Crippen molar-refractivity contribution in [1.82, 2.24) is 9.97 Å². The van der Waals surface area contributed by atoms with Gasteiger partial charge in [-0.2, -0.15) is 0 Å². The van der Waals surface area contributed by atoms with Gasteiger partial charge in [0.05, 0.1) is 20.1 Å². The number of halogens is 4. The quantitative estimate of drug-likeness (QED) is 0.519. The zero-order valence-electron chi connectivity index (χ0n) is 8.72. The molecule has 0 aliphatic rings. The Morgan fingerprint density at radius 3 is 0.944 bits per heavy atom. The first-order valence-corrected chi connectivity index (χ1v) is 6.48. The summed E-state index contributed by atoms with van der Waals surface area (Å²) in [6.45, 7) is 0. The molecule has 0 aliphatic carbocycles. The molecular weight excluding hydrogens is 314 g/mol. The van der Waals surface area contributed by atoms with Crippen molar-refractivity contribution in [2.45, 2.75) is 0 Å². The summed E-state index contributed by atoms with van der Waals surface area (Å²) in [6.07, 6.45) is 0. The van der Waals surface area contributed by atoms with Gasteiger partial charge in [0, 0.05) is 0 Å². The van der Waals surface area contributed by atoms with Crippen LogP contribution < -0.4 is 0 Å². The first-order chi connectivity index (χ1) is 8.58. The van der Waals surface area contributed by atoms with Crippen molar-refractivity contribution in [1.29, 1.82) is 0 Å². The summed E-state index contributed by atoms with van der Waals surface area (Å²) in [5.41, 5.74) is 2.06. The molecule has 3 rings (SSSR count). The molecule has 6 heteroatoms. The molecular formula is C12H4Cl4N2. The van der Waals surface area contributed by atoms with Crippen molar-refractivity contribution >= 4 is 68.5 Å². The minimum absolute atomic E-state index is 0.472. The molecule has 0 aliphatic heterocycles. The van der Waals surface area contributed by atoms with E-state index in [0.29, 0.717) is 42.2 Å². The van der Waals surface area contributed by atoms with E-state index in [9.17, 15) is 0 Å². The summed E-state index contributed by atoms with van der Waals surface area (Å²) in [4.78, 5) is 8.81. The standard InChI is InChI=1S/C12H4Cl4N2/c13-5-1-2-6(14)10-9(5)17-11-7(15)3-4-8(16)12(11)18-10/h1-4H. The fourth-order valence-corrected chi connectivity index (χ4v) is 2.49. The minimum atomic E-state index is 0.472. The van der Waals surface area contributed by atoms with Gasteiger partial charge in [0.1, 0.15) is 22.1 Å². The molecule has 18 heavy (non-hydrogen) atoms. The number of hydrogen-bond acceptors (Lipinski definition) is 2. The molecule has 2 nitrogen and oxygen atoms in total. The maximum atomic E-state index is 6.08. The van der Waals surface area contributed by atoms with Crippen LogP contribution in [0.15, 0.2) is 24.3 Å². The van der Waals surface area contributed by atoms with Gasteiger partial charge >= 0.3 is 0 Å². The fraction of sp³-hybridized carbons (Fsp3) is 0. The van der Waals surface area contributed by atoms with Gasteiger partial charge in [-0.3, -0.25) is 0 Å². The van der Waals surface area contributed by atoms with Crippen molar-refractivity contribution in [2.24, 2.45) is 0 Å². The van der Waals surface area contributed by atoms with Crippen LogP contribution in [0, 0.1) is 0 Å². The predicted octanol–water partition coefficient (Wildman–Crippen LogP) is 5.40. The van der Waals surface area contributed by atoms with E-state index < -0.39 is 0 Å². The van der Waals surface area contributed by atoms with Crippen molar-refractivity contribution in [3.8, 4) is 0 Å². The fourth-order valence-electron chi connectivity index (χ4n) is 1.71. The first-order valence-electron chi connectivity index (χ1n) is 4.97. The molecule has 0 saturated carbocycles. The largest absolute Gasteiger partial charge is 0.241 e. The zero-order valence-corrected chi connectivity index (χ0v) is 11.7. The molecule has 0 atom stereocenters. The van der Waals surface area contributed by atoms with Gasteiger partial charge in [-0.1, -0.05) is 46.4 Å². The van der Waals surface area contributed by atoms with E-state index >= 15 is 0 Å². The summed E-state index contributed by atoms with van der Waals surface area (Å²) in [5.74, 6) is 0. The molecule has 1 aromatic heterocycles. The van der Waals surface area contributed by atoms with E-state index in [1.807, 2.05) is 0 Å². The minimum Gasteiger partial charge on any atom is -0.241 e. The number of benzene rings is 2. The summed E-state index contributed by atoms with van der Waals surface area (Å²) >= 11 is 24.3. The van der Waals surface area contributed by atoms with Crippen LogP contribution in [-0.2, 0) is 0 Å². The van der Waals surface area contributed by atoms with Crippen LogP contribution in [0.25, 0.3) is 22.1 Å². The summed E-state index contributed by atoms with van der Waals surface area (Å²) in [6, 6.07) is 6.69. The molecule has 0 radical (unpaired) electrons. The molecule has 2 aromatic carbocycles. The molecule has 1 heterocycles. The van der Waals surface area contributed by atoms with Gasteiger partial charge in [0.15, 0.2) is 0 Å². The van der Waals surface area contributed by atoms with Crippen molar-refractivity contribution in [3.05, 3.63) is 44.4 Å². The predicted molar refractivity (Wildman–Crippen MR) is 77.1 cm³/mol. The highest BCUT2D eigenvalue weighted by molar-refractivity contribution is 6.41. The number of hydrogen-bond donors (Lipinski definition) is 0. The lowest BCUT2D eigenvalue weighted by Gasteiger charge is -2.06. The number of aromatic nitrogens is 2. The lowest BCUT2D eigenvalue weighted by atomic mass is 10.2. The van der Waals surface area contributed by atoms with Crippen molar-refractivity contribution in [2.75, 3.05) is 0 Å². The average molecular weight is 318 g/mol. The van der Waals surface area contributed by atoms with Crippen LogP contribution in [-0.4, -0.2) is 9.97 Å². The Morgan fingerprint density at radius 1 is 0.500 bits per heavy atom. The Morgan fingerprint density at radius 2 is 0.722 bits per heavy atom. The van der Waals surface area contributed by atoms with E-state index in [0.717, 1.165) is 0 Å². The normalized spacial score (nSPS) is 11.3. The average Bonchev–Trinajstić information content (AvgIpc) is 2.37. The van der Waals surface area contributed by atoms with Crippen molar-refractivity contribution < 1.29 is 0 Å². The van der Waals surface area contributed by atoms with Crippen molar-refractivity contribution in [3.63, 3.8) is 0 Å². The van der Waals surface area contributed by atoms with E-state index in [2.05, 4.69) is 9.97 Å². The van der Waals surface area contributed by atoms with Crippen LogP contribution in [0.4, 0.5) is 0 Å². The Kier molecular flexibility index (Phi) is 2.99. The summed E-state index contributed by atoms with van der Waals surface area (Å²) in [7, 11) is 0. The van der Waals surface area contributed by atoms with Crippen LogP contribution in [0.3, 0.4) is 0 Å². The van der Waals surface area contributed by atoms with Gasteiger partial charge in [-0.25, -0.2) is 9.97 Å². The number of rotatable bonds is 0. The summed E-state index contributed by atoms with van der Waals surface area (Å²) < 4.78 is 0. The third kappa shape index (κ3) is 1.81. The molecule has 3 aromatic rings. The van der Waals surface area contributed by atoms with Crippen LogP contribution in [0.2, 0.25) is 20.1 Å². The van der Waals surface area contributed by atoms with E-state index in [-0.39, 0.29) is 0 Å². The lowest BCUT2D eigenvalue weighted by Crippen LogP contribution is -1.90. The summed E-state index contributed by atoms with van der Waals surface area (Å²) in [5, 5.41) is 1.89. The van der Waals surface area contributed by atoms with Crippen LogP contribution in [0.1, 0.15) is 0 Å². The molecule has 0 saturated heterocycles. The van der Waals surface area contributed by atoms with Gasteiger partial charge in [0.25, 0.3) is 0 Å².